The summed E-state index contributed by atoms with van der Waals surface area (Å²) in [5, 5.41) is 0. The number of halogens is 4. The number of alkyl halides is 3. The van der Waals surface area contributed by atoms with Crippen molar-refractivity contribution in [3.8, 4) is 16.9 Å². The van der Waals surface area contributed by atoms with Crippen molar-refractivity contribution in [1.82, 2.24) is 0 Å². The third-order valence-corrected chi connectivity index (χ3v) is 3.46. The van der Waals surface area contributed by atoms with Gasteiger partial charge in [-0.25, -0.2) is 0 Å². The fraction of sp³-hybridized carbons (Fsp3) is 0.200. The molecule has 0 spiro atoms. The van der Waals surface area contributed by atoms with Gasteiger partial charge in [-0.05, 0) is 45.3 Å². The van der Waals surface area contributed by atoms with E-state index in [-0.39, 0.29) is 12.4 Å². The molecule has 0 bridgehead atoms. The van der Waals surface area contributed by atoms with E-state index in [0.29, 0.717) is 15.8 Å². The van der Waals surface area contributed by atoms with Crippen molar-refractivity contribution < 1.29 is 22.6 Å². The Hall–Kier alpha value is -1.53. The van der Waals surface area contributed by atoms with Crippen LogP contribution in [0.5, 0.6) is 5.75 Å². The monoisotopic (exact) mass is 360 g/mol. The number of benzene rings is 2. The molecular formula is C15H12BrF3O2. The zero-order valence-electron chi connectivity index (χ0n) is 11.1. The summed E-state index contributed by atoms with van der Waals surface area (Å²) in [6.45, 7) is 0.0168. The molecule has 0 N–H and O–H groups in total. The summed E-state index contributed by atoms with van der Waals surface area (Å²) in [5.74, 6) is 0.423. The molecule has 0 saturated carbocycles. The average molecular weight is 361 g/mol. The second kappa shape index (κ2) is 6.49. The van der Waals surface area contributed by atoms with Gasteiger partial charge in [0.15, 0.2) is 6.79 Å². The predicted octanol–water partition coefficient (Wildman–Crippen LogP) is 5.12. The maximum atomic E-state index is 13.1. The minimum Gasteiger partial charge on any atom is -0.466 e. The number of hydrogen-bond donors (Lipinski definition) is 0. The van der Waals surface area contributed by atoms with E-state index in [9.17, 15) is 13.2 Å². The van der Waals surface area contributed by atoms with Gasteiger partial charge < -0.3 is 9.47 Å². The van der Waals surface area contributed by atoms with Crippen molar-refractivity contribution >= 4 is 15.9 Å². The van der Waals surface area contributed by atoms with Gasteiger partial charge in [0.25, 0.3) is 0 Å². The van der Waals surface area contributed by atoms with Gasteiger partial charge in [0.2, 0.25) is 0 Å². The zero-order valence-corrected chi connectivity index (χ0v) is 12.7. The molecule has 21 heavy (non-hydrogen) atoms. The average Bonchev–Trinajstić information content (AvgIpc) is 2.45. The standard InChI is InChI=1S/C15H12BrF3O2/c1-20-9-21-14-8-10(6-7-13(14)16)11-4-2-3-5-12(11)15(17,18)19/h2-8H,9H2,1H3. The lowest BCUT2D eigenvalue weighted by Gasteiger charge is -2.14. The van der Waals surface area contributed by atoms with Crippen LogP contribution in [-0.4, -0.2) is 13.9 Å². The molecule has 0 aliphatic heterocycles. The first-order valence-corrected chi connectivity index (χ1v) is 6.80. The van der Waals surface area contributed by atoms with E-state index in [0.717, 1.165) is 6.07 Å². The molecule has 112 valence electrons. The van der Waals surface area contributed by atoms with E-state index in [1.807, 2.05) is 0 Å². The van der Waals surface area contributed by atoms with Crippen LogP contribution < -0.4 is 4.74 Å². The Bertz CT molecular complexity index is 627. The number of rotatable bonds is 4. The van der Waals surface area contributed by atoms with Gasteiger partial charge in [-0.15, -0.1) is 0 Å². The molecule has 0 unspecified atom stereocenters. The molecule has 2 aromatic carbocycles. The molecule has 0 aliphatic rings. The van der Waals surface area contributed by atoms with Crippen molar-refractivity contribution in [2.24, 2.45) is 0 Å². The molecule has 2 rings (SSSR count). The highest BCUT2D eigenvalue weighted by molar-refractivity contribution is 9.10. The van der Waals surface area contributed by atoms with Gasteiger partial charge in [0.05, 0.1) is 10.0 Å². The molecule has 2 nitrogen and oxygen atoms in total. The normalized spacial score (nSPS) is 11.5. The number of ether oxygens (including phenoxy) is 2. The Morgan fingerprint density at radius 2 is 1.81 bits per heavy atom. The summed E-state index contributed by atoms with van der Waals surface area (Å²) in [6, 6.07) is 10.2. The maximum Gasteiger partial charge on any atom is 0.417 e. The Morgan fingerprint density at radius 3 is 2.48 bits per heavy atom. The Morgan fingerprint density at radius 1 is 1.10 bits per heavy atom. The van der Waals surface area contributed by atoms with Crippen LogP contribution in [0.1, 0.15) is 5.56 Å². The van der Waals surface area contributed by atoms with Gasteiger partial charge >= 0.3 is 6.18 Å². The van der Waals surface area contributed by atoms with Crippen molar-refractivity contribution in [2.75, 3.05) is 13.9 Å². The summed E-state index contributed by atoms with van der Waals surface area (Å²) in [4.78, 5) is 0. The molecule has 0 atom stereocenters. The SMILES string of the molecule is COCOc1cc(-c2ccccc2C(F)(F)F)ccc1Br. The van der Waals surface area contributed by atoms with E-state index in [2.05, 4.69) is 15.9 Å². The van der Waals surface area contributed by atoms with E-state index >= 15 is 0 Å². The third kappa shape index (κ3) is 3.77. The van der Waals surface area contributed by atoms with Crippen LogP contribution in [0.3, 0.4) is 0 Å². The molecule has 0 saturated heterocycles. The molecule has 0 amide bonds. The molecule has 6 heteroatoms. The highest BCUT2D eigenvalue weighted by atomic mass is 79.9. The fourth-order valence-corrected chi connectivity index (χ4v) is 2.25. The molecule has 0 aliphatic carbocycles. The van der Waals surface area contributed by atoms with Crippen LogP contribution in [0.15, 0.2) is 46.9 Å². The lowest BCUT2D eigenvalue weighted by Crippen LogP contribution is -2.07. The summed E-state index contributed by atoms with van der Waals surface area (Å²) >= 11 is 3.29. The van der Waals surface area contributed by atoms with Gasteiger partial charge in [-0.2, -0.15) is 13.2 Å². The third-order valence-electron chi connectivity index (χ3n) is 2.81. The molecule has 0 heterocycles. The Kier molecular flexibility index (Phi) is 4.90. The van der Waals surface area contributed by atoms with E-state index < -0.39 is 11.7 Å². The van der Waals surface area contributed by atoms with Crippen molar-refractivity contribution in [3.05, 3.63) is 52.5 Å². The minimum atomic E-state index is -4.41. The molecule has 0 radical (unpaired) electrons. The molecule has 0 fully saturated rings. The van der Waals surface area contributed by atoms with Crippen LogP contribution in [0.4, 0.5) is 13.2 Å². The van der Waals surface area contributed by atoms with Crippen LogP contribution >= 0.6 is 15.9 Å². The largest absolute Gasteiger partial charge is 0.466 e. The van der Waals surface area contributed by atoms with Crippen LogP contribution in [0.2, 0.25) is 0 Å². The predicted molar refractivity (Wildman–Crippen MR) is 77.1 cm³/mol. The molecular weight excluding hydrogens is 349 g/mol. The van der Waals surface area contributed by atoms with E-state index in [1.54, 1.807) is 24.3 Å². The summed E-state index contributed by atoms with van der Waals surface area (Å²) in [6.07, 6.45) is -4.41. The summed E-state index contributed by atoms with van der Waals surface area (Å²) in [5.41, 5.74) is -0.137. The maximum absolute atomic E-state index is 13.1. The Labute approximate surface area is 128 Å². The Balaban J connectivity index is 2.48. The summed E-state index contributed by atoms with van der Waals surface area (Å²) < 4.78 is 49.9. The van der Waals surface area contributed by atoms with Crippen LogP contribution in [-0.2, 0) is 10.9 Å². The molecule has 2 aromatic rings. The minimum absolute atomic E-state index is 0.0168. The van der Waals surface area contributed by atoms with Crippen molar-refractivity contribution in [3.63, 3.8) is 0 Å². The highest BCUT2D eigenvalue weighted by Gasteiger charge is 2.33. The number of methoxy groups -OCH3 is 1. The van der Waals surface area contributed by atoms with Gasteiger partial charge in [0.1, 0.15) is 5.75 Å². The van der Waals surface area contributed by atoms with Gasteiger partial charge in [-0.1, -0.05) is 24.3 Å². The van der Waals surface area contributed by atoms with Crippen LogP contribution in [0, 0.1) is 0 Å². The van der Waals surface area contributed by atoms with E-state index in [1.165, 1.54) is 19.2 Å². The van der Waals surface area contributed by atoms with E-state index in [4.69, 9.17) is 9.47 Å². The van der Waals surface area contributed by atoms with Gasteiger partial charge in [-0.3, -0.25) is 0 Å². The second-order valence-corrected chi connectivity index (χ2v) is 5.09. The smallest absolute Gasteiger partial charge is 0.417 e. The van der Waals surface area contributed by atoms with Crippen LogP contribution in [0.25, 0.3) is 11.1 Å². The second-order valence-electron chi connectivity index (χ2n) is 4.24. The number of hydrogen-bond acceptors (Lipinski definition) is 2. The first-order chi connectivity index (χ1) is 9.93. The summed E-state index contributed by atoms with van der Waals surface area (Å²) in [7, 11) is 1.47. The topological polar surface area (TPSA) is 18.5 Å². The highest BCUT2D eigenvalue weighted by Crippen LogP contribution is 2.39. The van der Waals surface area contributed by atoms with Crippen molar-refractivity contribution in [2.45, 2.75) is 6.18 Å². The zero-order chi connectivity index (χ0) is 15.5. The quantitative estimate of drug-likeness (QED) is 0.704. The fourth-order valence-electron chi connectivity index (χ4n) is 1.89. The molecule has 0 aromatic heterocycles. The lowest BCUT2D eigenvalue weighted by atomic mass is 9.99. The first kappa shape index (κ1) is 15.9. The lowest BCUT2D eigenvalue weighted by molar-refractivity contribution is -0.137. The van der Waals surface area contributed by atoms with Crippen molar-refractivity contribution in [1.29, 1.82) is 0 Å². The van der Waals surface area contributed by atoms with Gasteiger partial charge in [0, 0.05) is 7.11 Å². The first-order valence-electron chi connectivity index (χ1n) is 6.01.